The maximum absolute atomic E-state index is 12.5. The molecule has 0 aliphatic rings. The van der Waals surface area contributed by atoms with Crippen molar-refractivity contribution in [3.05, 3.63) is 12.2 Å². The quantitative estimate of drug-likeness (QED) is 0.0320. The van der Waals surface area contributed by atoms with Crippen LogP contribution in [0.4, 0.5) is 0 Å². The lowest BCUT2D eigenvalue weighted by Crippen LogP contribution is -2.45. The van der Waals surface area contributed by atoms with Crippen molar-refractivity contribution in [2.75, 3.05) is 13.2 Å². The first-order valence-electron chi connectivity index (χ1n) is 33.9. The molecular formula is C68H133NO5. The van der Waals surface area contributed by atoms with Gasteiger partial charge in [0.05, 0.1) is 25.4 Å². The standard InChI is InChI=1S/C68H133NO5/c1-3-5-7-9-11-13-15-17-18-34-38-42-46-50-54-58-62-68(73)74-63-59-55-51-47-43-39-35-32-30-28-26-24-22-20-19-21-23-25-27-29-31-33-37-41-45-49-53-57-61-67(72)69-65(64-70)66(71)60-56-52-48-44-40-36-16-14-12-10-8-6-4-2/h18,34,65-66,70-71H,3-17,19-33,35-64H2,1-2H3,(H,69,72)/b34-18-. The Labute approximate surface area is 463 Å². The minimum atomic E-state index is -0.660. The van der Waals surface area contributed by atoms with Crippen molar-refractivity contribution in [2.45, 2.75) is 398 Å². The van der Waals surface area contributed by atoms with Crippen LogP contribution in [-0.2, 0) is 14.3 Å². The van der Waals surface area contributed by atoms with Gasteiger partial charge in [-0.2, -0.15) is 0 Å². The van der Waals surface area contributed by atoms with Gasteiger partial charge in [-0.1, -0.05) is 334 Å². The van der Waals surface area contributed by atoms with Crippen LogP contribution in [0, 0.1) is 0 Å². The lowest BCUT2D eigenvalue weighted by Gasteiger charge is -2.22. The van der Waals surface area contributed by atoms with Crippen LogP contribution in [0.25, 0.3) is 0 Å². The van der Waals surface area contributed by atoms with E-state index in [-0.39, 0.29) is 18.5 Å². The summed E-state index contributed by atoms with van der Waals surface area (Å²) < 4.78 is 5.50. The third-order valence-electron chi connectivity index (χ3n) is 16.1. The lowest BCUT2D eigenvalue weighted by molar-refractivity contribution is -0.143. The first kappa shape index (κ1) is 72.6. The maximum Gasteiger partial charge on any atom is 0.305 e. The second kappa shape index (κ2) is 64.1. The Hall–Kier alpha value is -1.40. The van der Waals surface area contributed by atoms with E-state index >= 15 is 0 Å². The van der Waals surface area contributed by atoms with Gasteiger partial charge in [0.1, 0.15) is 0 Å². The van der Waals surface area contributed by atoms with Gasteiger partial charge in [0.25, 0.3) is 0 Å². The normalized spacial score (nSPS) is 12.5. The molecule has 0 aliphatic heterocycles. The molecule has 0 aliphatic carbocycles. The summed E-state index contributed by atoms with van der Waals surface area (Å²) >= 11 is 0. The van der Waals surface area contributed by atoms with Crippen molar-refractivity contribution in [1.29, 1.82) is 0 Å². The number of rotatable bonds is 64. The van der Waals surface area contributed by atoms with Crippen LogP contribution in [0.2, 0.25) is 0 Å². The SMILES string of the molecule is CCCCCCCCC/C=C\CCCCCCCC(=O)OCCCCCCCCCCCCCCCCCCCCCCCCCCCCCCC(=O)NC(CO)C(O)CCCCCCCCCCCCCCC. The molecule has 0 fully saturated rings. The fraction of sp³-hybridized carbons (Fsp3) is 0.941. The summed E-state index contributed by atoms with van der Waals surface area (Å²) in [6, 6.07) is -0.537. The highest BCUT2D eigenvalue weighted by Crippen LogP contribution is 2.19. The topological polar surface area (TPSA) is 95.9 Å². The predicted molar refractivity (Wildman–Crippen MR) is 324 cm³/mol. The Bertz CT molecular complexity index is 1110. The molecule has 0 bridgehead atoms. The highest BCUT2D eigenvalue weighted by molar-refractivity contribution is 5.76. The van der Waals surface area contributed by atoms with Crippen LogP contribution in [0.3, 0.4) is 0 Å². The van der Waals surface area contributed by atoms with Gasteiger partial charge in [-0.3, -0.25) is 9.59 Å². The average Bonchev–Trinajstić information content (AvgIpc) is 3.40. The fourth-order valence-electron chi connectivity index (χ4n) is 10.9. The highest BCUT2D eigenvalue weighted by Gasteiger charge is 2.20. The van der Waals surface area contributed by atoms with E-state index in [1.165, 1.54) is 308 Å². The molecule has 0 radical (unpaired) electrons. The Morgan fingerprint density at radius 3 is 0.959 bits per heavy atom. The van der Waals surface area contributed by atoms with Crippen molar-refractivity contribution in [1.82, 2.24) is 5.32 Å². The van der Waals surface area contributed by atoms with Crippen molar-refractivity contribution in [2.24, 2.45) is 0 Å². The predicted octanol–water partition coefficient (Wildman–Crippen LogP) is 21.6. The molecule has 0 aromatic rings. The van der Waals surface area contributed by atoms with Crippen molar-refractivity contribution in [3.8, 4) is 0 Å². The van der Waals surface area contributed by atoms with E-state index < -0.39 is 12.1 Å². The van der Waals surface area contributed by atoms with Crippen LogP contribution in [0.5, 0.6) is 0 Å². The summed E-state index contributed by atoms with van der Waals surface area (Å²) in [5.74, 6) is -0.0175. The van der Waals surface area contributed by atoms with E-state index in [1.807, 2.05) is 0 Å². The van der Waals surface area contributed by atoms with Crippen molar-refractivity contribution in [3.63, 3.8) is 0 Å². The number of nitrogens with one attached hydrogen (secondary N) is 1. The number of ether oxygens (including phenoxy) is 1. The fourth-order valence-corrected chi connectivity index (χ4v) is 10.9. The number of carbonyl (C=O) groups is 2. The number of amides is 1. The Morgan fingerprint density at radius 2 is 0.635 bits per heavy atom. The second-order valence-electron chi connectivity index (χ2n) is 23.5. The van der Waals surface area contributed by atoms with Gasteiger partial charge in [-0.05, 0) is 51.4 Å². The number of aliphatic hydroxyl groups is 2. The van der Waals surface area contributed by atoms with Crippen LogP contribution in [0.1, 0.15) is 386 Å². The molecule has 0 spiro atoms. The highest BCUT2D eigenvalue weighted by atomic mass is 16.5. The van der Waals surface area contributed by atoms with Crippen molar-refractivity contribution >= 4 is 11.9 Å². The molecule has 0 heterocycles. The summed E-state index contributed by atoms with van der Waals surface area (Å²) in [6.07, 6.45) is 78.2. The van der Waals surface area contributed by atoms with Crippen LogP contribution >= 0.6 is 0 Å². The van der Waals surface area contributed by atoms with E-state index in [4.69, 9.17) is 4.74 Å². The molecule has 3 N–H and O–H groups in total. The summed E-state index contributed by atoms with van der Waals surface area (Å²) in [4.78, 5) is 24.6. The first-order valence-corrected chi connectivity index (χ1v) is 33.9. The van der Waals surface area contributed by atoms with Gasteiger partial charge in [0.2, 0.25) is 5.91 Å². The first-order chi connectivity index (χ1) is 36.5. The molecule has 0 aromatic carbocycles. The summed E-state index contributed by atoms with van der Waals surface area (Å²) in [5, 5.41) is 23.3. The number of aliphatic hydroxyl groups excluding tert-OH is 2. The molecule has 2 atom stereocenters. The number of esters is 1. The third kappa shape index (κ3) is 59.8. The molecule has 0 aromatic heterocycles. The lowest BCUT2D eigenvalue weighted by atomic mass is 10.0. The minimum Gasteiger partial charge on any atom is -0.466 e. The zero-order chi connectivity index (χ0) is 53.6. The monoisotopic (exact) mass is 1040 g/mol. The molecule has 440 valence electrons. The van der Waals surface area contributed by atoms with Gasteiger partial charge in [-0.15, -0.1) is 0 Å². The molecular weight excluding hydrogens is 911 g/mol. The molecule has 2 unspecified atom stereocenters. The van der Waals surface area contributed by atoms with Gasteiger partial charge in [0.15, 0.2) is 0 Å². The zero-order valence-corrected chi connectivity index (χ0v) is 50.4. The Morgan fingerprint density at radius 1 is 0.365 bits per heavy atom. The zero-order valence-electron chi connectivity index (χ0n) is 50.4. The van der Waals surface area contributed by atoms with E-state index in [0.717, 1.165) is 44.9 Å². The second-order valence-corrected chi connectivity index (χ2v) is 23.5. The summed E-state index contributed by atoms with van der Waals surface area (Å²) in [7, 11) is 0. The number of allylic oxidation sites excluding steroid dienone is 2. The number of hydrogen-bond donors (Lipinski definition) is 3. The van der Waals surface area contributed by atoms with Crippen molar-refractivity contribution < 1.29 is 24.5 Å². The number of carbonyl (C=O) groups excluding carboxylic acids is 2. The number of unbranched alkanes of at least 4 members (excludes halogenated alkanes) is 51. The molecule has 6 heteroatoms. The number of hydrogen-bond acceptors (Lipinski definition) is 5. The van der Waals surface area contributed by atoms with E-state index in [1.54, 1.807) is 0 Å². The molecule has 6 nitrogen and oxygen atoms in total. The smallest absolute Gasteiger partial charge is 0.305 e. The van der Waals surface area contributed by atoms with Gasteiger partial charge in [-0.25, -0.2) is 0 Å². The molecule has 0 saturated heterocycles. The minimum absolute atomic E-state index is 0.0122. The van der Waals surface area contributed by atoms with E-state index in [2.05, 4.69) is 31.3 Å². The Kier molecular flexibility index (Phi) is 62.9. The third-order valence-corrected chi connectivity index (χ3v) is 16.1. The van der Waals surface area contributed by atoms with Crippen LogP contribution in [-0.4, -0.2) is 47.4 Å². The molecule has 1 amide bonds. The Balaban J connectivity index is 3.32. The van der Waals surface area contributed by atoms with Crippen LogP contribution < -0.4 is 5.32 Å². The molecule has 0 saturated carbocycles. The summed E-state index contributed by atoms with van der Waals surface area (Å²) in [6.45, 7) is 4.98. The summed E-state index contributed by atoms with van der Waals surface area (Å²) in [5.41, 5.74) is 0. The maximum atomic E-state index is 12.5. The van der Waals surface area contributed by atoms with Gasteiger partial charge >= 0.3 is 5.97 Å². The van der Waals surface area contributed by atoms with Gasteiger partial charge in [0, 0.05) is 12.8 Å². The van der Waals surface area contributed by atoms with Crippen LogP contribution in [0.15, 0.2) is 12.2 Å². The van der Waals surface area contributed by atoms with E-state index in [0.29, 0.717) is 25.9 Å². The van der Waals surface area contributed by atoms with E-state index in [9.17, 15) is 19.8 Å². The molecule has 74 heavy (non-hydrogen) atoms. The molecule has 0 rings (SSSR count). The average molecular weight is 1040 g/mol. The largest absolute Gasteiger partial charge is 0.466 e. The van der Waals surface area contributed by atoms with Gasteiger partial charge < -0.3 is 20.3 Å².